The van der Waals surface area contributed by atoms with Gasteiger partial charge in [-0.2, -0.15) is 0 Å². The lowest BCUT2D eigenvalue weighted by Crippen LogP contribution is -2.31. The highest BCUT2D eigenvalue weighted by atomic mass is 32.2. The van der Waals surface area contributed by atoms with Crippen LogP contribution in [-0.4, -0.2) is 37.7 Å². The Balaban J connectivity index is 1.85. The lowest BCUT2D eigenvalue weighted by atomic mass is 9.94. The van der Waals surface area contributed by atoms with Gasteiger partial charge in [-0.25, -0.2) is 13.4 Å². The van der Waals surface area contributed by atoms with Crippen LogP contribution in [0.15, 0.2) is 47.4 Å². The van der Waals surface area contributed by atoms with Gasteiger partial charge in [0.2, 0.25) is 0 Å². The van der Waals surface area contributed by atoms with E-state index in [0.29, 0.717) is 23.8 Å². The van der Waals surface area contributed by atoms with Crippen LogP contribution < -0.4 is 10.0 Å². The van der Waals surface area contributed by atoms with E-state index in [9.17, 15) is 8.42 Å². The Morgan fingerprint density at radius 3 is 2.39 bits per heavy atom. The molecule has 0 saturated carbocycles. The van der Waals surface area contributed by atoms with Crippen LogP contribution >= 0.6 is 0 Å². The summed E-state index contributed by atoms with van der Waals surface area (Å²) in [5, 5.41) is 0. The van der Waals surface area contributed by atoms with Gasteiger partial charge < -0.3 is 15.0 Å². The Bertz CT molecular complexity index is 1220. The first kappa shape index (κ1) is 23.6. The summed E-state index contributed by atoms with van der Waals surface area (Å²) < 4.78 is 36.4. The van der Waals surface area contributed by atoms with Gasteiger partial charge >= 0.3 is 0 Å². The SMILES string of the molecule is CCN(c1cccc2c1nc(C(C)(C)C)n2CC1CCOCC1)S(=O)(=O)c1ccc(N)cc1. The molecule has 0 bridgehead atoms. The van der Waals surface area contributed by atoms with Crippen LogP contribution in [0.3, 0.4) is 0 Å². The van der Waals surface area contributed by atoms with Crippen LogP contribution in [0.2, 0.25) is 0 Å². The molecule has 0 amide bonds. The highest BCUT2D eigenvalue weighted by Gasteiger charge is 2.30. The second kappa shape index (κ2) is 8.99. The molecule has 2 aromatic carbocycles. The Morgan fingerprint density at radius 1 is 1.12 bits per heavy atom. The number of para-hydroxylation sites is 1. The van der Waals surface area contributed by atoms with Crippen LogP contribution in [-0.2, 0) is 26.7 Å². The number of sulfonamides is 1. The fraction of sp³-hybridized carbons (Fsp3) is 0.480. The molecule has 1 aliphatic rings. The quantitative estimate of drug-likeness (QED) is 0.534. The van der Waals surface area contributed by atoms with Gasteiger partial charge in [0.25, 0.3) is 10.0 Å². The van der Waals surface area contributed by atoms with Crippen molar-refractivity contribution in [3.63, 3.8) is 0 Å². The Kier molecular flexibility index (Phi) is 6.42. The number of ether oxygens (including phenoxy) is 1. The van der Waals surface area contributed by atoms with E-state index in [1.165, 1.54) is 4.31 Å². The Labute approximate surface area is 196 Å². The minimum Gasteiger partial charge on any atom is -0.399 e. The van der Waals surface area contributed by atoms with Crippen molar-refractivity contribution in [3.05, 3.63) is 48.3 Å². The molecule has 0 atom stereocenters. The number of nitrogens with zero attached hydrogens (tertiary/aromatic N) is 3. The van der Waals surface area contributed by atoms with Gasteiger partial charge in [-0.1, -0.05) is 26.8 Å². The third-order valence-electron chi connectivity index (χ3n) is 6.23. The van der Waals surface area contributed by atoms with E-state index in [-0.39, 0.29) is 10.3 Å². The van der Waals surface area contributed by atoms with Crippen molar-refractivity contribution in [1.29, 1.82) is 0 Å². The summed E-state index contributed by atoms with van der Waals surface area (Å²) in [7, 11) is -3.77. The third kappa shape index (κ3) is 4.59. The summed E-state index contributed by atoms with van der Waals surface area (Å²) in [6.07, 6.45) is 2.05. The zero-order valence-electron chi connectivity index (χ0n) is 19.9. The molecule has 0 spiro atoms. The molecule has 8 heteroatoms. The van der Waals surface area contributed by atoms with Crippen molar-refractivity contribution < 1.29 is 13.2 Å². The van der Waals surface area contributed by atoms with Crippen molar-refractivity contribution in [2.24, 2.45) is 5.92 Å². The van der Waals surface area contributed by atoms with Gasteiger partial charge in [-0.3, -0.25) is 4.31 Å². The van der Waals surface area contributed by atoms with Crippen molar-refractivity contribution in [2.45, 2.75) is 57.4 Å². The second-order valence-corrected chi connectivity index (χ2v) is 11.6. The number of imidazole rings is 1. The van der Waals surface area contributed by atoms with E-state index in [0.717, 1.165) is 49.5 Å². The van der Waals surface area contributed by atoms with Crippen LogP contribution in [0.1, 0.15) is 46.4 Å². The van der Waals surface area contributed by atoms with Crippen LogP contribution in [0, 0.1) is 5.92 Å². The standard InChI is InChI=1S/C25H34N4O3S/c1-5-29(33(30,31)20-11-9-19(26)10-12-20)22-8-6-7-21-23(22)27-24(25(2,3)4)28(21)17-18-13-15-32-16-14-18/h6-12,18H,5,13-17,26H2,1-4H3. The van der Waals surface area contributed by atoms with Gasteiger partial charge in [-0.15, -0.1) is 0 Å². The average molecular weight is 471 g/mol. The van der Waals surface area contributed by atoms with E-state index < -0.39 is 10.0 Å². The molecule has 2 heterocycles. The van der Waals surface area contributed by atoms with Crippen molar-refractivity contribution in [3.8, 4) is 0 Å². The fourth-order valence-electron chi connectivity index (χ4n) is 4.51. The topological polar surface area (TPSA) is 90.5 Å². The highest BCUT2D eigenvalue weighted by molar-refractivity contribution is 7.92. The maximum Gasteiger partial charge on any atom is 0.264 e. The number of anilines is 2. The molecule has 4 rings (SSSR count). The number of rotatable bonds is 6. The third-order valence-corrected chi connectivity index (χ3v) is 8.14. The molecule has 7 nitrogen and oxygen atoms in total. The number of benzene rings is 2. The summed E-state index contributed by atoms with van der Waals surface area (Å²) >= 11 is 0. The first-order chi connectivity index (χ1) is 15.6. The molecule has 0 unspecified atom stereocenters. The summed E-state index contributed by atoms with van der Waals surface area (Å²) in [5.41, 5.74) is 8.40. The summed E-state index contributed by atoms with van der Waals surface area (Å²) in [4.78, 5) is 5.26. The number of fused-ring (bicyclic) bond motifs is 1. The molecular weight excluding hydrogens is 436 g/mol. The molecule has 1 aromatic heterocycles. The number of hydrogen-bond acceptors (Lipinski definition) is 5. The summed E-state index contributed by atoms with van der Waals surface area (Å²) in [6.45, 7) is 11.0. The molecule has 3 aromatic rings. The van der Waals surface area contributed by atoms with E-state index in [2.05, 4.69) is 25.3 Å². The minimum atomic E-state index is -3.77. The lowest BCUT2D eigenvalue weighted by Gasteiger charge is -2.26. The number of nitrogen functional groups attached to an aromatic ring is 1. The van der Waals surface area contributed by atoms with E-state index >= 15 is 0 Å². The van der Waals surface area contributed by atoms with Gasteiger partial charge in [0, 0.05) is 37.4 Å². The normalized spacial score (nSPS) is 15.8. The molecule has 0 radical (unpaired) electrons. The summed E-state index contributed by atoms with van der Waals surface area (Å²) in [6, 6.07) is 12.1. The zero-order valence-corrected chi connectivity index (χ0v) is 20.7. The van der Waals surface area contributed by atoms with Gasteiger partial charge in [0.15, 0.2) is 0 Å². The predicted molar refractivity (Wildman–Crippen MR) is 133 cm³/mol. The number of nitrogens with two attached hydrogens (primary N) is 1. The predicted octanol–water partition coefficient (Wildman–Crippen LogP) is 4.56. The maximum atomic E-state index is 13.6. The largest absolute Gasteiger partial charge is 0.399 e. The first-order valence-corrected chi connectivity index (χ1v) is 13.0. The van der Waals surface area contributed by atoms with Gasteiger partial charge in [-0.05, 0) is 62.1 Å². The summed E-state index contributed by atoms with van der Waals surface area (Å²) in [5.74, 6) is 1.49. The lowest BCUT2D eigenvalue weighted by molar-refractivity contribution is 0.0611. The molecule has 178 valence electrons. The van der Waals surface area contributed by atoms with Gasteiger partial charge in [0.05, 0.1) is 16.1 Å². The smallest absolute Gasteiger partial charge is 0.264 e. The van der Waals surface area contributed by atoms with Gasteiger partial charge in [0.1, 0.15) is 11.3 Å². The Hall–Kier alpha value is -2.58. The molecule has 33 heavy (non-hydrogen) atoms. The van der Waals surface area contributed by atoms with Crippen molar-refractivity contribution >= 4 is 32.4 Å². The van der Waals surface area contributed by atoms with Crippen LogP contribution in [0.5, 0.6) is 0 Å². The first-order valence-electron chi connectivity index (χ1n) is 11.6. The average Bonchev–Trinajstić information content (AvgIpc) is 3.15. The molecule has 1 aliphatic heterocycles. The molecule has 2 N–H and O–H groups in total. The molecular formula is C25H34N4O3S. The molecule has 1 fully saturated rings. The van der Waals surface area contributed by atoms with E-state index in [1.54, 1.807) is 24.3 Å². The molecule has 1 saturated heterocycles. The maximum absolute atomic E-state index is 13.6. The van der Waals surface area contributed by atoms with E-state index in [4.69, 9.17) is 15.5 Å². The van der Waals surface area contributed by atoms with E-state index in [1.807, 2.05) is 25.1 Å². The molecule has 0 aliphatic carbocycles. The highest BCUT2D eigenvalue weighted by Crippen LogP contribution is 2.35. The second-order valence-electron chi connectivity index (χ2n) is 9.74. The number of aromatic nitrogens is 2. The van der Waals surface area contributed by atoms with Crippen molar-refractivity contribution in [1.82, 2.24) is 9.55 Å². The number of hydrogen-bond donors (Lipinski definition) is 1. The monoisotopic (exact) mass is 470 g/mol. The van der Waals surface area contributed by atoms with Crippen molar-refractivity contribution in [2.75, 3.05) is 29.8 Å². The Morgan fingerprint density at radius 2 is 1.79 bits per heavy atom. The van der Waals surface area contributed by atoms with Crippen LogP contribution in [0.4, 0.5) is 11.4 Å². The minimum absolute atomic E-state index is 0.186. The van der Waals surface area contributed by atoms with Crippen LogP contribution in [0.25, 0.3) is 11.0 Å². The fourth-order valence-corrected chi connectivity index (χ4v) is 6.00. The zero-order chi connectivity index (χ0) is 23.8.